The van der Waals surface area contributed by atoms with E-state index in [9.17, 15) is 9.59 Å². The van der Waals surface area contributed by atoms with Gasteiger partial charge in [-0.25, -0.2) is 4.98 Å². The summed E-state index contributed by atoms with van der Waals surface area (Å²) in [5.41, 5.74) is 3.08. The lowest BCUT2D eigenvalue weighted by Crippen LogP contribution is -2.33. The maximum Gasteiger partial charge on any atom is 0.243 e. The zero-order valence-electron chi connectivity index (χ0n) is 14.1. The van der Waals surface area contributed by atoms with Crippen molar-refractivity contribution in [1.29, 1.82) is 0 Å². The van der Waals surface area contributed by atoms with Crippen molar-refractivity contribution in [1.82, 2.24) is 20.1 Å². The predicted octanol–water partition coefficient (Wildman–Crippen LogP) is 1.57. The van der Waals surface area contributed by atoms with Gasteiger partial charge in [-0.3, -0.25) is 14.3 Å². The lowest BCUT2D eigenvalue weighted by Gasteiger charge is -2.07. The number of carbonyl (C=O) groups excluding carboxylic acids is 2. The monoisotopic (exact) mass is 337 g/mol. The molecule has 0 saturated heterocycles. The number of nitrogens with one attached hydrogen (secondary N) is 2. The Morgan fingerprint density at radius 2 is 1.92 bits per heavy atom. The standard InChI is InChI=1S/C18H19N5O2/c1-12-15-9-14(10-20-18(15)23(2)22-12)21-17(25)11-19-16(24)8-13-6-4-3-5-7-13/h3-7,9-10H,8,11H2,1-2H3,(H,19,24)(H,21,25). The third-order valence-corrected chi connectivity index (χ3v) is 3.80. The highest BCUT2D eigenvalue weighted by molar-refractivity contribution is 5.96. The third kappa shape index (κ3) is 4.00. The Morgan fingerprint density at radius 3 is 2.68 bits per heavy atom. The van der Waals surface area contributed by atoms with Crippen LogP contribution < -0.4 is 10.6 Å². The van der Waals surface area contributed by atoms with Crippen LogP contribution in [0.25, 0.3) is 11.0 Å². The van der Waals surface area contributed by atoms with E-state index in [-0.39, 0.29) is 24.8 Å². The van der Waals surface area contributed by atoms with Crippen LogP contribution in [0.1, 0.15) is 11.3 Å². The summed E-state index contributed by atoms with van der Waals surface area (Å²) < 4.78 is 1.69. The van der Waals surface area contributed by atoms with Crippen molar-refractivity contribution in [2.24, 2.45) is 7.05 Å². The number of aromatic nitrogens is 3. The lowest BCUT2D eigenvalue weighted by atomic mass is 10.1. The van der Waals surface area contributed by atoms with Crippen molar-refractivity contribution in [3.63, 3.8) is 0 Å². The number of fused-ring (bicyclic) bond motifs is 1. The molecule has 0 bridgehead atoms. The van der Waals surface area contributed by atoms with Gasteiger partial charge in [-0.2, -0.15) is 5.10 Å². The largest absolute Gasteiger partial charge is 0.347 e. The second-order valence-corrected chi connectivity index (χ2v) is 5.79. The number of anilines is 1. The van der Waals surface area contributed by atoms with E-state index in [2.05, 4.69) is 20.7 Å². The minimum atomic E-state index is -0.302. The molecule has 2 aromatic heterocycles. The topological polar surface area (TPSA) is 88.9 Å². The molecule has 1 aromatic carbocycles. The Labute approximate surface area is 145 Å². The van der Waals surface area contributed by atoms with E-state index in [1.54, 1.807) is 10.9 Å². The first-order chi connectivity index (χ1) is 12.0. The number of pyridine rings is 1. The fourth-order valence-corrected chi connectivity index (χ4v) is 2.60. The van der Waals surface area contributed by atoms with Gasteiger partial charge in [0.05, 0.1) is 30.5 Å². The molecule has 7 nitrogen and oxygen atoms in total. The van der Waals surface area contributed by atoms with Gasteiger partial charge in [0.2, 0.25) is 11.8 Å². The van der Waals surface area contributed by atoms with E-state index in [4.69, 9.17) is 0 Å². The third-order valence-electron chi connectivity index (χ3n) is 3.80. The summed E-state index contributed by atoms with van der Waals surface area (Å²) in [7, 11) is 1.82. The molecule has 3 aromatic rings. The van der Waals surface area contributed by atoms with Crippen molar-refractivity contribution in [3.8, 4) is 0 Å². The Bertz CT molecular complexity index is 918. The number of hydrogen-bond donors (Lipinski definition) is 2. The molecule has 128 valence electrons. The highest BCUT2D eigenvalue weighted by Crippen LogP contribution is 2.19. The van der Waals surface area contributed by atoms with E-state index in [0.29, 0.717) is 5.69 Å². The number of nitrogens with zero attached hydrogens (tertiary/aromatic N) is 3. The van der Waals surface area contributed by atoms with E-state index in [1.165, 1.54) is 0 Å². The van der Waals surface area contributed by atoms with Gasteiger partial charge >= 0.3 is 0 Å². The smallest absolute Gasteiger partial charge is 0.243 e. The highest BCUT2D eigenvalue weighted by Gasteiger charge is 2.10. The van der Waals surface area contributed by atoms with E-state index in [0.717, 1.165) is 22.3 Å². The van der Waals surface area contributed by atoms with E-state index in [1.807, 2.05) is 50.4 Å². The minimum Gasteiger partial charge on any atom is -0.347 e. The molecule has 0 radical (unpaired) electrons. The fraction of sp³-hybridized carbons (Fsp3) is 0.222. The molecule has 0 fully saturated rings. The van der Waals surface area contributed by atoms with E-state index < -0.39 is 0 Å². The maximum atomic E-state index is 12.0. The van der Waals surface area contributed by atoms with Gasteiger partial charge < -0.3 is 10.6 Å². The molecule has 3 rings (SSSR count). The Kier molecular flexibility index (Phi) is 4.74. The highest BCUT2D eigenvalue weighted by atomic mass is 16.2. The average molecular weight is 337 g/mol. The molecule has 25 heavy (non-hydrogen) atoms. The molecule has 2 N–H and O–H groups in total. The summed E-state index contributed by atoms with van der Waals surface area (Å²) in [6, 6.07) is 11.2. The number of rotatable bonds is 5. The molecule has 0 aliphatic carbocycles. The second-order valence-electron chi connectivity index (χ2n) is 5.79. The van der Waals surface area contributed by atoms with Crippen molar-refractivity contribution in [2.75, 3.05) is 11.9 Å². The molecular weight excluding hydrogens is 318 g/mol. The van der Waals surface area contributed by atoms with Crippen LogP contribution >= 0.6 is 0 Å². The SMILES string of the molecule is Cc1nn(C)c2ncc(NC(=O)CNC(=O)Cc3ccccc3)cc12. The number of carbonyl (C=O) groups is 2. The van der Waals surface area contributed by atoms with Crippen molar-refractivity contribution >= 4 is 28.5 Å². The molecule has 7 heteroatoms. The molecular formula is C18H19N5O2. The fourth-order valence-electron chi connectivity index (χ4n) is 2.60. The summed E-state index contributed by atoms with van der Waals surface area (Å²) in [6.07, 6.45) is 1.82. The van der Waals surface area contributed by atoms with Crippen LogP contribution in [-0.2, 0) is 23.1 Å². The normalized spacial score (nSPS) is 10.6. The summed E-state index contributed by atoms with van der Waals surface area (Å²) in [5.74, 6) is -0.498. The predicted molar refractivity (Wildman–Crippen MR) is 95.0 cm³/mol. The molecule has 2 heterocycles. The molecule has 0 spiro atoms. The summed E-state index contributed by atoms with van der Waals surface area (Å²) >= 11 is 0. The van der Waals surface area contributed by atoms with E-state index >= 15 is 0 Å². The summed E-state index contributed by atoms with van der Waals surface area (Å²) in [6.45, 7) is 1.80. The van der Waals surface area contributed by atoms with Crippen LogP contribution in [0.2, 0.25) is 0 Å². The second kappa shape index (κ2) is 7.12. The van der Waals surface area contributed by atoms with Gasteiger partial charge in [0, 0.05) is 12.4 Å². The van der Waals surface area contributed by atoms with Gasteiger partial charge in [0.25, 0.3) is 0 Å². The molecule has 0 unspecified atom stereocenters. The van der Waals surface area contributed by atoms with Gasteiger partial charge in [-0.15, -0.1) is 0 Å². The number of amides is 2. The molecule has 0 atom stereocenters. The lowest BCUT2D eigenvalue weighted by molar-refractivity contribution is -0.123. The Morgan fingerprint density at radius 1 is 1.16 bits per heavy atom. The van der Waals surface area contributed by atoms with Crippen molar-refractivity contribution < 1.29 is 9.59 Å². The number of hydrogen-bond acceptors (Lipinski definition) is 4. The summed E-state index contributed by atoms with van der Waals surface area (Å²) in [5, 5.41) is 10.5. The van der Waals surface area contributed by atoms with Crippen LogP contribution in [-0.4, -0.2) is 33.1 Å². The molecule has 2 amide bonds. The first-order valence-corrected chi connectivity index (χ1v) is 7.93. The van der Waals surface area contributed by atoms with Gasteiger partial charge in [0.15, 0.2) is 5.65 Å². The number of benzene rings is 1. The van der Waals surface area contributed by atoms with Gasteiger partial charge in [-0.1, -0.05) is 30.3 Å². The van der Waals surface area contributed by atoms with Crippen LogP contribution in [0.5, 0.6) is 0 Å². The summed E-state index contributed by atoms with van der Waals surface area (Å²) in [4.78, 5) is 28.2. The number of aryl methyl sites for hydroxylation is 2. The maximum absolute atomic E-state index is 12.0. The molecule has 0 aliphatic rings. The molecule has 0 aliphatic heterocycles. The van der Waals surface area contributed by atoms with Crippen molar-refractivity contribution in [3.05, 3.63) is 53.9 Å². The van der Waals surface area contributed by atoms with Gasteiger partial charge in [0.1, 0.15) is 0 Å². The Balaban J connectivity index is 1.55. The Hall–Kier alpha value is -3.22. The molecule has 0 saturated carbocycles. The van der Waals surface area contributed by atoms with Crippen LogP contribution in [0.4, 0.5) is 5.69 Å². The van der Waals surface area contributed by atoms with Crippen molar-refractivity contribution in [2.45, 2.75) is 13.3 Å². The van der Waals surface area contributed by atoms with Crippen LogP contribution in [0, 0.1) is 6.92 Å². The quantitative estimate of drug-likeness (QED) is 0.740. The minimum absolute atomic E-state index is 0.0876. The van der Waals surface area contributed by atoms with Crippen LogP contribution in [0.3, 0.4) is 0 Å². The van der Waals surface area contributed by atoms with Gasteiger partial charge in [-0.05, 0) is 18.6 Å². The van der Waals surface area contributed by atoms with Crippen LogP contribution in [0.15, 0.2) is 42.6 Å². The first kappa shape index (κ1) is 16.6. The zero-order chi connectivity index (χ0) is 17.8. The zero-order valence-corrected chi connectivity index (χ0v) is 14.1. The first-order valence-electron chi connectivity index (χ1n) is 7.93. The average Bonchev–Trinajstić information content (AvgIpc) is 2.88.